The number of aromatic nitrogens is 1. The van der Waals surface area contributed by atoms with Gasteiger partial charge in [-0.2, -0.15) is 0 Å². The third-order valence-electron chi connectivity index (χ3n) is 4.95. The summed E-state index contributed by atoms with van der Waals surface area (Å²) in [4.78, 5) is 19.4. The lowest BCUT2D eigenvalue weighted by Gasteiger charge is -2.26. The van der Waals surface area contributed by atoms with E-state index in [4.69, 9.17) is 9.72 Å². The van der Waals surface area contributed by atoms with Gasteiger partial charge >= 0.3 is 0 Å². The van der Waals surface area contributed by atoms with Gasteiger partial charge in [-0.05, 0) is 69.5 Å². The first-order valence-corrected chi connectivity index (χ1v) is 10.7. The summed E-state index contributed by atoms with van der Waals surface area (Å²) in [7, 11) is 0. The highest BCUT2D eigenvalue weighted by Crippen LogP contribution is 2.25. The molecular formula is C24H28N2O2S. The molecule has 0 saturated heterocycles. The summed E-state index contributed by atoms with van der Waals surface area (Å²) < 4.78 is 6.03. The Bertz CT molecular complexity index is 980. The molecule has 0 fully saturated rings. The Balaban J connectivity index is 1.68. The van der Waals surface area contributed by atoms with Crippen molar-refractivity contribution >= 4 is 17.2 Å². The minimum absolute atomic E-state index is 0.0252. The molecule has 2 aromatic carbocycles. The molecule has 4 nitrogen and oxygen atoms in total. The molecule has 152 valence electrons. The highest BCUT2D eigenvalue weighted by Gasteiger charge is 2.20. The number of hydrogen-bond acceptors (Lipinski definition) is 4. The van der Waals surface area contributed by atoms with Crippen LogP contribution >= 0.6 is 11.3 Å². The number of amides is 1. The average molecular weight is 409 g/mol. The maximum atomic E-state index is 12.9. The van der Waals surface area contributed by atoms with Crippen LogP contribution in [0.5, 0.6) is 5.75 Å². The van der Waals surface area contributed by atoms with Gasteiger partial charge in [0.05, 0.1) is 12.2 Å². The van der Waals surface area contributed by atoms with Gasteiger partial charge in [0, 0.05) is 17.0 Å². The van der Waals surface area contributed by atoms with Gasteiger partial charge < -0.3 is 9.64 Å². The van der Waals surface area contributed by atoms with Gasteiger partial charge in [-0.25, -0.2) is 4.98 Å². The zero-order valence-electron chi connectivity index (χ0n) is 17.7. The molecule has 0 aliphatic carbocycles. The van der Waals surface area contributed by atoms with E-state index in [2.05, 4.69) is 32.9 Å². The molecule has 0 unspecified atom stereocenters. The summed E-state index contributed by atoms with van der Waals surface area (Å²) in [5, 5.41) is 2.93. The van der Waals surface area contributed by atoms with E-state index in [1.54, 1.807) is 11.3 Å². The van der Waals surface area contributed by atoms with E-state index in [1.165, 1.54) is 11.1 Å². The molecule has 0 atom stereocenters. The SMILES string of the molecule is Cc1cc(C)c(C)c(OCc2nc(CN(C(=O)c3ccccc3)C(C)C)cs2)c1. The third kappa shape index (κ3) is 5.24. The minimum atomic E-state index is 0.0252. The second-order valence-corrected chi connectivity index (χ2v) is 8.56. The molecule has 0 spiro atoms. The molecule has 0 bridgehead atoms. The van der Waals surface area contributed by atoms with Gasteiger partial charge in [0.25, 0.3) is 5.91 Å². The Morgan fingerprint density at radius 2 is 1.86 bits per heavy atom. The number of ether oxygens (including phenoxy) is 1. The van der Waals surface area contributed by atoms with Gasteiger partial charge in [-0.3, -0.25) is 4.79 Å². The predicted octanol–water partition coefficient (Wildman–Crippen LogP) is 5.70. The van der Waals surface area contributed by atoms with Crippen molar-refractivity contribution in [3.8, 4) is 5.75 Å². The lowest BCUT2D eigenvalue weighted by atomic mass is 10.1. The maximum Gasteiger partial charge on any atom is 0.254 e. The third-order valence-corrected chi connectivity index (χ3v) is 5.82. The van der Waals surface area contributed by atoms with Crippen LogP contribution in [0.3, 0.4) is 0 Å². The molecule has 0 saturated carbocycles. The number of thiazole rings is 1. The largest absolute Gasteiger partial charge is 0.486 e. The fraction of sp³-hybridized carbons (Fsp3) is 0.333. The van der Waals surface area contributed by atoms with Crippen LogP contribution in [-0.2, 0) is 13.2 Å². The first kappa shape index (κ1) is 21.1. The highest BCUT2D eigenvalue weighted by atomic mass is 32.1. The molecule has 0 aliphatic rings. The summed E-state index contributed by atoms with van der Waals surface area (Å²) in [6.07, 6.45) is 0. The Morgan fingerprint density at radius 3 is 2.55 bits per heavy atom. The van der Waals surface area contributed by atoms with Crippen LogP contribution in [0.15, 0.2) is 47.8 Å². The van der Waals surface area contributed by atoms with Crippen LogP contribution < -0.4 is 4.74 Å². The Labute approximate surface area is 177 Å². The molecule has 1 heterocycles. The summed E-state index contributed by atoms with van der Waals surface area (Å²) in [5.74, 6) is 0.930. The number of aryl methyl sites for hydroxylation is 2. The zero-order chi connectivity index (χ0) is 21.0. The van der Waals surface area contributed by atoms with Crippen LogP contribution in [0.4, 0.5) is 0 Å². The molecule has 1 amide bonds. The molecule has 3 aromatic rings. The number of carbonyl (C=O) groups excluding carboxylic acids is 1. The number of carbonyl (C=O) groups is 1. The molecule has 0 N–H and O–H groups in total. The smallest absolute Gasteiger partial charge is 0.254 e. The average Bonchev–Trinajstić information content (AvgIpc) is 3.15. The van der Waals surface area contributed by atoms with Crippen molar-refractivity contribution in [1.29, 1.82) is 0 Å². The molecule has 0 aliphatic heterocycles. The van der Waals surface area contributed by atoms with Crippen LogP contribution in [0.2, 0.25) is 0 Å². The van der Waals surface area contributed by atoms with Crippen LogP contribution in [0.1, 0.15) is 51.6 Å². The molecule has 3 rings (SSSR count). The first-order valence-electron chi connectivity index (χ1n) is 9.85. The normalized spacial score (nSPS) is 11.0. The number of hydrogen-bond donors (Lipinski definition) is 0. The Morgan fingerprint density at radius 1 is 1.14 bits per heavy atom. The van der Waals surface area contributed by atoms with Gasteiger partial charge in [-0.1, -0.05) is 24.3 Å². The van der Waals surface area contributed by atoms with Crippen molar-refractivity contribution in [3.05, 3.63) is 80.8 Å². The van der Waals surface area contributed by atoms with E-state index in [9.17, 15) is 4.79 Å². The van der Waals surface area contributed by atoms with E-state index < -0.39 is 0 Å². The highest BCUT2D eigenvalue weighted by molar-refractivity contribution is 7.09. The van der Waals surface area contributed by atoms with Crippen LogP contribution in [0.25, 0.3) is 0 Å². The molecular weight excluding hydrogens is 380 g/mol. The zero-order valence-corrected chi connectivity index (χ0v) is 18.5. The monoisotopic (exact) mass is 408 g/mol. The van der Waals surface area contributed by atoms with E-state index in [0.717, 1.165) is 22.0 Å². The maximum absolute atomic E-state index is 12.9. The summed E-state index contributed by atoms with van der Waals surface area (Å²) >= 11 is 1.57. The Kier molecular flexibility index (Phi) is 6.70. The Hall–Kier alpha value is -2.66. The van der Waals surface area contributed by atoms with Crippen molar-refractivity contribution in [1.82, 2.24) is 9.88 Å². The quantitative estimate of drug-likeness (QED) is 0.504. The van der Waals surface area contributed by atoms with E-state index in [-0.39, 0.29) is 11.9 Å². The number of rotatable bonds is 7. The fourth-order valence-corrected chi connectivity index (χ4v) is 3.88. The fourth-order valence-electron chi connectivity index (χ4n) is 3.19. The molecule has 1 aromatic heterocycles. The summed E-state index contributed by atoms with van der Waals surface area (Å²) in [5.41, 5.74) is 5.17. The van der Waals surface area contributed by atoms with Gasteiger partial charge in [-0.15, -0.1) is 11.3 Å². The van der Waals surface area contributed by atoms with Gasteiger partial charge in [0.2, 0.25) is 0 Å². The van der Waals surface area contributed by atoms with Crippen molar-refractivity contribution in [2.75, 3.05) is 0 Å². The second-order valence-electron chi connectivity index (χ2n) is 7.62. The predicted molar refractivity (Wildman–Crippen MR) is 119 cm³/mol. The first-order chi connectivity index (χ1) is 13.8. The molecule has 29 heavy (non-hydrogen) atoms. The minimum Gasteiger partial charge on any atom is -0.486 e. The lowest BCUT2D eigenvalue weighted by molar-refractivity contribution is 0.0688. The topological polar surface area (TPSA) is 42.4 Å². The van der Waals surface area contributed by atoms with Crippen LogP contribution in [-0.4, -0.2) is 21.8 Å². The van der Waals surface area contributed by atoms with E-state index in [1.807, 2.05) is 54.5 Å². The summed E-state index contributed by atoms with van der Waals surface area (Å²) in [6.45, 7) is 11.2. The van der Waals surface area contributed by atoms with Crippen LogP contribution in [0, 0.1) is 20.8 Å². The number of benzene rings is 2. The second kappa shape index (κ2) is 9.23. The lowest BCUT2D eigenvalue weighted by Crippen LogP contribution is -2.36. The van der Waals surface area contributed by atoms with E-state index in [0.29, 0.717) is 18.7 Å². The summed E-state index contributed by atoms with van der Waals surface area (Å²) in [6, 6.07) is 13.7. The van der Waals surface area contributed by atoms with E-state index >= 15 is 0 Å². The van der Waals surface area contributed by atoms with Crippen molar-refractivity contribution in [2.45, 2.75) is 53.8 Å². The molecule has 0 radical (unpaired) electrons. The van der Waals surface area contributed by atoms with Crippen molar-refractivity contribution in [3.63, 3.8) is 0 Å². The van der Waals surface area contributed by atoms with Crippen molar-refractivity contribution < 1.29 is 9.53 Å². The number of nitrogens with zero attached hydrogens (tertiary/aromatic N) is 2. The standard InChI is InChI=1S/C24H28N2O2S/c1-16(2)26(24(27)20-9-7-6-8-10-20)13-21-15-29-23(25-21)14-28-22-12-17(3)11-18(4)19(22)5/h6-12,15-16H,13-14H2,1-5H3. The van der Waals surface area contributed by atoms with Gasteiger partial charge in [0.1, 0.15) is 17.4 Å². The van der Waals surface area contributed by atoms with Gasteiger partial charge in [0.15, 0.2) is 0 Å². The molecule has 5 heteroatoms. The van der Waals surface area contributed by atoms with Crippen molar-refractivity contribution in [2.24, 2.45) is 0 Å².